The number of nitrogens with one attached hydrogen (secondary N) is 2. The van der Waals surface area contributed by atoms with Gasteiger partial charge in [-0.05, 0) is 38.7 Å². The molecule has 0 radical (unpaired) electrons. The third kappa shape index (κ3) is 4.59. The van der Waals surface area contributed by atoms with Crippen LogP contribution in [0.5, 0.6) is 0 Å². The molecule has 0 saturated carbocycles. The first-order valence-corrected chi connectivity index (χ1v) is 5.47. The van der Waals surface area contributed by atoms with Gasteiger partial charge in [0.2, 0.25) is 17.2 Å². The molecule has 16 heavy (non-hydrogen) atoms. The van der Waals surface area contributed by atoms with Crippen LogP contribution < -0.4 is 10.6 Å². The fraction of sp³-hybridized carbons (Fsp3) is 0.667. The Hall–Kier alpha value is -1.14. The first-order chi connectivity index (χ1) is 7.61. The minimum Gasteiger partial charge on any atom is -0.357 e. The lowest BCUT2D eigenvalue weighted by Gasteiger charge is -2.10. The van der Waals surface area contributed by atoms with Crippen LogP contribution in [0.1, 0.15) is 6.42 Å². The maximum Gasteiger partial charge on any atom is 0.228 e. The molecule has 0 aliphatic rings. The lowest BCUT2D eigenvalue weighted by Crippen LogP contribution is -2.17. The molecule has 0 atom stereocenters. The second-order valence-corrected chi connectivity index (χ2v) is 3.92. The predicted molar refractivity (Wildman–Crippen MR) is 66.0 cm³/mol. The average Bonchev–Trinajstić information content (AvgIpc) is 2.23. The van der Waals surface area contributed by atoms with Crippen LogP contribution in [0.3, 0.4) is 0 Å². The molecule has 7 heteroatoms. The highest BCUT2D eigenvalue weighted by Crippen LogP contribution is 2.08. The molecule has 0 bridgehead atoms. The standard InChI is InChI=1S/C9H17ClN6/c1-11-8-13-7(10)14-9(15-8)12-5-4-6-16(2)3/h4-6H2,1-3H3,(H2,11,12,13,14,15). The van der Waals surface area contributed by atoms with E-state index in [1.54, 1.807) is 7.05 Å². The van der Waals surface area contributed by atoms with Crippen molar-refractivity contribution < 1.29 is 0 Å². The third-order valence-corrected chi connectivity index (χ3v) is 2.07. The molecule has 0 aliphatic carbocycles. The Bertz CT molecular complexity index is 330. The van der Waals surface area contributed by atoms with Gasteiger partial charge in [-0.25, -0.2) is 0 Å². The summed E-state index contributed by atoms with van der Waals surface area (Å²) in [5.74, 6) is 0.971. The molecule has 0 aliphatic heterocycles. The maximum absolute atomic E-state index is 5.74. The molecule has 0 fully saturated rings. The van der Waals surface area contributed by atoms with Crippen LogP contribution in [0.15, 0.2) is 0 Å². The zero-order valence-corrected chi connectivity index (χ0v) is 10.5. The van der Waals surface area contributed by atoms with Crippen LogP contribution in [0.4, 0.5) is 11.9 Å². The number of hydrogen-bond donors (Lipinski definition) is 2. The normalized spacial score (nSPS) is 10.6. The van der Waals surface area contributed by atoms with Gasteiger partial charge >= 0.3 is 0 Å². The van der Waals surface area contributed by atoms with Crippen LogP contribution in [0.25, 0.3) is 0 Å². The van der Waals surface area contributed by atoms with Gasteiger partial charge in [0.1, 0.15) is 0 Å². The van der Waals surface area contributed by atoms with Gasteiger partial charge in [-0.2, -0.15) is 15.0 Å². The highest BCUT2D eigenvalue weighted by Gasteiger charge is 2.02. The van der Waals surface area contributed by atoms with E-state index in [4.69, 9.17) is 11.6 Å². The fourth-order valence-electron chi connectivity index (χ4n) is 1.14. The van der Waals surface area contributed by atoms with Crippen molar-refractivity contribution in [1.82, 2.24) is 19.9 Å². The zero-order valence-electron chi connectivity index (χ0n) is 9.79. The molecular formula is C9H17ClN6. The van der Waals surface area contributed by atoms with Crippen molar-refractivity contribution in [3.05, 3.63) is 5.28 Å². The lowest BCUT2D eigenvalue weighted by molar-refractivity contribution is 0.405. The first kappa shape index (κ1) is 12.9. The van der Waals surface area contributed by atoms with Crippen LogP contribution in [-0.4, -0.2) is 54.1 Å². The van der Waals surface area contributed by atoms with E-state index in [9.17, 15) is 0 Å². The minimum atomic E-state index is 0.189. The maximum atomic E-state index is 5.74. The largest absolute Gasteiger partial charge is 0.357 e. The highest BCUT2D eigenvalue weighted by atomic mass is 35.5. The van der Waals surface area contributed by atoms with Gasteiger partial charge < -0.3 is 15.5 Å². The second kappa shape index (κ2) is 6.44. The summed E-state index contributed by atoms with van der Waals surface area (Å²) in [6, 6.07) is 0. The van der Waals surface area contributed by atoms with Gasteiger partial charge in [-0.1, -0.05) is 0 Å². The number of hydrogen-bond acceptors (Lipinski definition) is 6. The van der Waals surface area contributed by atoms with Gasteiger partial charge in [-0.3, -0.25) is 0 Å². The van der Waals surface area contributed by atoms with Crippen LogP contribution in [-0.2, 0) is 0 Å². The van der Waals surface area contributed by atoms with Gasteiger partial charge in [0.25, 0.3) is 0 Å². The molecule has 1 heterocycles. The van der Waals surface area contributed by atoms with Crippen LogP contribution >= 0.6 is 11.6 Å². The van der Waals surface area contributed by atoms with E-state index in [-0.39, 0.29) is 5.28 Å². The van der Waals surface area contributed by atoms with E-state index in [1.807, 2.05) is 14.1 Å². The third-order valence-electron chi connectivity index (χ3n) is 1.90. The molecule has 0 amide bonds. The number of halogens is 1. The minimum absolute atomic E-state index is 0.189. The molecule has 0 spiro atoms. The van der Waals surface area contributed by atoms with Crippen molar-refractivity contribution in [2.75, 3.05) is 44.9 Å². The number of rotatable bonds is 6. The predicted octanol–water partition coefficient (Wildman–Crippen LogP) is 0.930. The Morgan fingerprint density at radius 2 is 1.88 bits per heavy atom. The molecular weight excluding hydrogens is 228 g/mol. The fourth-order valence-corrected chi connectivity index (χ4v) is 1.30. The topological polar surface area (TPSA) is 66.0 Å². The Kier molecular flexibility index (Phi) is 5.21. The average molecular weight is 245 g/mol. The van der Waals surface area contributed by atoms with E-state index in [0.717, 1.165) is 19.5 Å². The van der Waals surface area contributed by atoms with Crippen molar-refractivity contribution in [3.8, 4) is 0 Å². The molecule has 90 valence electrons. The van der Waals surface area contributed by atoms with E-state index >= 15 is 0 Å². The molecule has 2 N–H and O–H groups in total. The van der Waals surface area contributed by atoms with Gasteiger partial charge in [0, 0.05) is 13.6 Å². The highest BCUT2D eigenvalue weighted by molar-refractivity contribution is 6.28. The molecule has 6 nitrogen and oxygen atoms in total. The monoisotopic (exact) mass is 244 g/mol. The van der Waals surface area contributed by atoms with Crippen LogP contribution in [0, 0.1) is 0 Å². The number of aromatic nitrogens is 3. The molecule has 0 saturated heterocycles. The van der Waals surface area contributed by atoms with E-state index < -0.39 is 0 Å². The first-order valence-electron chi connectivity index (χ1n) is 5.09. The Labute approximate surface area is 100 Å². The quantitative estimate of drug-likeness (QED) is 0.726. The molecule has 0 unspecified atom stereocenters. The Balaban J connectivity index is 2.44. The summed E-state index contributed by atoms with van der Waals surface area (Å²) in [6.45, 7) is 1.83. The van der Waals surface area contributed by atoms with Gasteiger partial charge in [0.05, 0.1) is 0 Å². The van der Waals surface area contributed by atoms with Crippen molar-refractivity contribution in [2.24, 2.45) is 0 Å². The van der Waals surface area contributed by atoms with E-state index in [1.165, 1.54) is 0 Å². The van der Waals surface area contributed by atoms with Crippen molar-refractivity contribution >= 4 is 23.5 Å². The van der Waals surface area contributed by atoms with Crippen molar-refractivity contribution in [2.45, 2.75) is 6.42 Å². The molecule has 1 rings (SSSR count). The van der Waals surface area contributed by atoms with E-state index in [0.29, 0.717) is 11.9 Å². The SMILES string of the molecule is CNc1nc(Cl)nc(NCCCN(C)C)n1. The summed E-state index contributed by atoms with van der Waals surface area (Å²) in [5, 5.41) is 6.11. The summed E-state index contributed by atoms with van der Waals surface area (Å²) in [7, 11) is 5.82. The lowest BCUT2D eigenvalue weighted by atomic mass is 10.4. The van der Waals surface area contributed by atoms with Gasteiger partial charge in [-0.15, -0.1) is 0 Å². The van der Waals surface area contributed by atoms with Crippen molar-refractivity contribution in [3.63, 3.8) is 0 Å². The summed E-state index contributed by atoms with van der Waals surface area (Å²) in [4.78, 5) is 14.1. The Morgan fingerprint density at radius 3 is 2.50 bits per heavy atom. The second-order valence-electron chi connectivity index (χ2n) is 3.59. The number of nitrogens with zero attached hydrogens (tertiary/aromatic N) is 4. The summed E-state index contributed by atoms with van der Waals surface area (Å²) in [6.07, 6.45) is 1.02. The summed E-state index contributed by atoms with van der Waals surface area (Å²) < 4.78 is 0. The smallest absolute Gasteiger partial charge is 0.228 e. The number of anilines is 2. The molecule has 0 aromatic carbocycles. The van der Waals surface area contributed by atoms with E-state index in [2.05, 4.69) is 30.5 Å². The van der Waals surface area contributed by atoms with Crippen LogP contribution in [0.2, 0.25) is 5.28 Å². The van der Waals surface area contributed by atoms with Crippen molar-refractivity contribution in [1.29, 1.82) is 0 Å². The molecule has 1 aromatic heterocycles. The summed E-state index contributed by atoms with van der Waals surface area (Å²) >= 11 is 5.74. The van der Waals surface area contributed by atoms with Gasteiger partial charge in [0.15, 0.2) is 0 Å². The zero-order chi connectivity index (χ0) is 12.0. The Morgan fingerprint density at radius 1 is 1.19 bits per heavy atom. The summed E-state index contributed by atoms with van der Waals surface area (Å²) in [5.41, 5.74) is 0. The molecule has 1 aromatic rings.